The lowest BCUT2D eigenvalue weighted by molar-refractivity contribution is 0.619. The minimum Gasteiger partial charge on any atom is -0.399 e. The lowest BCUT2D eigenvalue weighted by Gasteiger charge is -1.99. The van der Waals surface area contributed by atoms with E-state index in [0.717, 1.165) is 34.5 Å². The Morgan fingerprint density at radius 2 is 1.84 bits per heavy atom. The molecule has 0 fully saturated rings. The molecule has 0 atom stereocenters. The van der Waals surface area contributed by atoms with Gasteiger partial charge in [-0.15, -0.1) is 22.9 Å². The fourth-order valence-electron chi connectivity index (χ4n) is 2.84. The summed E-state index contributed by atoms with van der Waals surface area (Å²) in [6.07, 6.45) is 5.98. The van der Waals surface area contributed by atoms with Gasteiger partial charge in [0.2, 0.25) is 0 Å². The minimum absolute atomic E-state index is 0.241. The van der Waals surface area contributed by atoms with Gasteiger partial charge in [-0.1, -0.05) is 39.3 Å². The first-order chi connectivity index (χ1) is 15.0. The number of halogens is 2. The fraction of sp³-hybridized carbons (Fsp3) is 0.280. The van der Waals surface area contributed by atoms with Gasteiger partial charge in [0.15, 0.2) is 0 Å². The van der Waals surface area contributed by atoms with Gasteiger partial charge in [0.05, 0.1) is 20.8 Å². The lowest BCUT2D eigenvalue weighted by Crippen LogP contribution is -1.87. The van der Waals surface area contributed by atoms with E-state index >= 15 is 0 Å². The molecule has 31 heavy (non-hydrogen) atoms. The van der Waals surface area contributed by atoms with E-state index in [1.807, 2.05) is 38.4 Å². The number of nitrogens with zero attached hydrogens (tertiary/aromatic N) is 2. The first-order valence-corrected chi connectivity index (χ1v) is 11.8. The Bertz CT molecular complexity index is 1090. The van der Waals surface area contributed by atoms with Crippen molar-refractivity contribution in [3.8, 4) is 10.6 Å². The molecule has 4 rings (SSSR count). The van der Waals surface area contributed by atoms with Crippen molar-refractivity contribution in [3.63, 3.8) is 0 Å². The number of hydrogen-bond acceptors (Lipinski definition) is 4. The van der Waals surface area contributed by atoms with Crippen LogP contribution in [0.25, 0.3) is 20.8 Å². The Balaban J connectivity index is 0.000000261. The van der Waals surface area contributed by atoms with Gasteiger partial charge in [-0.25, -0.2) is 4.39 Å². The highest BCUT2D eigenvalue weighted by molar-refractivity contribution is 7.22. The normalized spacial score (nSPS) is 10.1. The summed E-state index contributed by atoms with van der Waals surface area (Å²) < 4.78 is 13.8. The number of benzene rings is 1. The van der Waals surface area contributed by atoms with E-state index in [4.69, 9.17) is 17.3 Å². The van der Waals surface area contributed by atoms with Gasteiger partial charge in [-0.05, 0) is 60.4 Å². The monoisotopic (exact) mass is 457 g/mol. The molecule has 0 aliphatic heterocycles. The number of aromatic nitrogens is 2. The molecule has 4 aromatic rings. The van der Waals surface area contributed by atoms with Crippen molar-refractivity contribution in [2.24, 2.45) is 0 Å². The molecular weight excluding hydrogens is 429 g/mol. The first-order valence-electron chi connectivity index (χ1n) is 10.4. The summed E-state index contributed by atoms with van der Waals surface area (Å²) in [5.74, 6) is 0.261. The van der Waals surface area contributed by atoms with E-state index in [2.05, 4.69) is 29.0 Å². The van der Waals surface area contributed by atoms with Gasteiger partial charge < -0.3 is 5.73 Å². The highest BCUT2D eigenvalue weighted by Gasteiger charge is 2.09. The van der Waals surface area contributed by atoms with Crippen molar-refractivity contribution in [2.75, 3.05) is 5.73 Å². The standard InChI is InChI=1S/C16H15ClN2S.C7H8FN.C2H6/c1-2-3-12-6-7-18-14-8-15(20-16(12)14)13-5-4-11(9-17)10-19-13;1-5-2-3-6(9)4-7(5)8;1-2/h4-8,10H,2-3,9H2,1H3;2-4H,9H2,1H3;1-2H3. The quantitative estimate of drug-likeness (QED) is 0.251. The molecule has 0 spiro atoms. The van der Waals surface area contributed by atoms with E-state index in [0.29, 0.717) is 17.1 Å². The molecule has 0 aliphatic rings. The molecule has 6 heteroatoms. The zero-order valence-electron chi connectivity index (χ0n) is 18.5. The number of alkyl halides is 1. The number of hydrogen-bond donors (Lipinski definition) is 1. The molecular formula is C25H29ClFN3S. The van der Waals surface area contributed by atoms with Crippen LogP contribution in [-0.2, 0) is 12.3 Å². The van der Waals surface area contributed by atoms with Crippen molar-refractivity contribution in [3.05, 3.63) is 77.4 Å². The zero-order chi connectivity index (χ0) is 22.8. The van der Waals surface area contributed by atoms with E-state index in [9.17, 15) is 4.39 Å². The van der Waals surface area contributed by atoms with Crippen LogP contribution in [0.2, 0.25) is 0 Å². The van der Waals surface area contributed by atoms with Crippen LogP contribution < -0.4 is 5.73 Å². The van der Waals surface area contributed by atoms with E-state index in [-0.39, 0.29) is 5.82 Å². The van der Waals surface area contributed by atoms with Crippen molar-refractivity contribution < 1.29 is 4.39 Å². The molecule has 3 aromatic heterocycles. The molecule has 0 amide bonds. The van der Waals surface area contributed by atoms with Crippen molar-refractivity contribution in [2.45, 2.75) is 46.4 Å². The Labute approximate surface area is 193 Å². The number of thiophene rings is 1. The Hall–Kier alpha value is -2.50. The Morgan fingerprint density at radius 1 is 1.06 bits per heavy atom. The number of anilines is 1. The minimum atomic E-state index is -0.241. The van der Waals surface area contributed by atoms with Crippen LogP contribution in [0, 0.1) is 12.7 Å². The van der Waals surface area contributed by atoms with Crippen molar-refractivity contribution >= 4 is 38.8 Å². The average molecular weight is 458 g/mol. The third-order valence-electron chi connectivity index (χ3n) is 4.44. The van der Waals surface area contributed by atoms with Crippen LogP contribution in [0.1, 0.15) is 43.9 Å². The third kappa shape index (κ3) is 6.74. The van der Waals surface area contributed by atoms with Crippen LogP contribution >= 0.6 is 22.9 Å². The third-order valence-corrected chi connectivity index (χ3v) is 5.97. The van der Waals surface area contributed by atoms with Gasteiger partial charge >= 0.3 is 0 Å². The van der Waals surface area contributed by atoms with Crippen molar-refractivity contribution in [1.82, 2.24) is 9.97 Å². The predicted molar refractivity (Wildman–Crippen MR) is 133 cm³/mol. The first kappa shape index (κ1) is 24.8. The Morgan fingerprint density at radius 3 is 2.42 bits per heavy atom. The number of nitrogens with two attached hydrogens (primary N) is 1. The Kier molecular flexibility index (Phi) is 9.89. The van der Waals surface area contributed by atoms with Crippen LogP contribution in [0.3, 0.4) is 0 Å². The molecule has 3 nitrogen and oxygen atoms in total. The van der Waals surface area contributed by atoms with Gasteiger partial charge in [-0.3, -0.25) is 9.97 Å². The molecule has 0 bridgehead atoms. The van der Waals surface area contributed by atoms with Gasteiger partial charge in [0.25, 0.3) is 0 Å². The van der Waals surface area contributed by atoms with Crippen LogP contribution in [-0.4, -0.2) is 9.97 Å². The summed E-state index contributed by atoms with van der Waals surface area (Å²) in [4.78, 5) is 10.1. The number of aryl methyl sites for hydroxylation is 2. The number of rotatable bonds is 4. The maximum absolute atomic E-state index is 12.5. The van der Waals surface area contributed by atoms with E-state index < -0.39 is 0 Å². The highest BCUT2D eigenvalue weighted by atomic mass is 35.5. The molecule has 2 N–H and O–H groups in total. The maximum atomic E-state index is 12.5. The SMILES string of the molecule is CC.CCCc1ccnc2cc(-c3ccc(CCl)cn3)sc12.Cc1ccc(N)cc1F. The van der Waals surface area contributed by atoms with E-state index in [1.165, 1.54) is 16.3 Å². The number of pyridine rings is 2. The van der Waals surface area contributed by atoms with Gasteiger partial charge in [0.1, 0.15) is 5.82 Å². The summed E-state index contributed by atoms with van der Waals surface area (Å²) in [6.45, 7) is 7.90. The van der Waals surface area contributed by atoms with Gasteiger partial charge in [0, 0.05) is 24.0 Å². The zero-order valence-corrected chi connectivity index (χ0v) is 20.0. The molecule has 0 saturated carbocycles. The molecule has 1 aromatic carbocycles. The smallest absolute Gasteiger partial charge is 0.128 e. The summed E-state index contributed by atoms with van der Waals surface area (Å²) in [5.41, 5.74) is 10.9. The number of fused-ring (bicyclic) bond motifs is 1. The van der Waals surface area contributed by atoms with Crippen LogP contribution in [0.4, 0.5) is 10.1 Å². The largest absolute Gasteiger partial charge is 0.399 e. The van der Waals surface area contributed by atoms with E-state index in [1.54, 1.807) is 30.4 Å². The summed E-state index contributed by atoms with van der Waals surface area (Å²) in [6, 6.07) is 13.0. The average Bonchev–Trinajstić information content (AvgIpc) is 3.24. The lowest BCUT2D eigenvalue weighted by atomic mass is 10.1. The molecule has 0 saturated heterocycles. The fourth-order valence-corrected chi connectivity index (χ4v) is 4.13. The second-order valence-electron chi connectivity index (χ2n) is 6.74. The number of nitrogen functional groups attached to an aromatic ring is 1. The second kappa shape index (κ2) is 12.4. The second-order valence-corrected chi connectivity index (χ2v) is 8.06. The molecule has 0 unspecified atom stereocenters. The van der Waals surface area contributed by atoms with Crippen LogP contribution in [0.5, 0.6) is 0 Å². The van der Waals surface area contributed by atoms with Gasteiger partial charge in [-0.2, -0.15) is 0 Å². The predicted octanol–water partition coefficient (Wildman–Crippen LogP) is 7.79. The molecule has 0 radical (unpaired) electrons. The van der Waals surface area contributed by atoms with Crippen molar-refractivity contribution in [1.29, 1.82) is 0 Å². The topological polar surface area (TPSA) is 51.8 Å². The molecule has 3 heterocycles. The molecule has 0 aliphatic carbocycles. The molecule has 164 valence electrons. The highest BCUT2D eigenvalue weighted by Crippen LogP contribution is 2.34. The summed E-state index contributed by atoms with van der Waals surface area (Å²) in [5, 5.41) is 0. The summed E-state index contributed by atoms with van der Waals surface area (Å²) >= 11 is 7.57. The van der Waals surface area contributed by atoms with Crippen LogP contribution in [0.15, 0.2) is 54.9 Å². The maximum Gasteiger partial charge on any atom is 0.128 e. The summed E-state index contributed by atoms with van der Waals surface area (Å²) in [7, 11) is 0.